The topological polar surface area (TPSA) is 61.4 Å². The Labute approximate surface area is 200 Å². The molecule has 7 heteroatoms. The van der Waals surface area contributed by atoms with E-state index < -0.39 is 0 Å². The Morgan fingerprint density at radius 3 is 2.27 bits per heavy atom. The van der Waals surface area contributed by atoms with Crippen molar-refractivity contribution in [3.63, 3.8) is 0 Å². The first kappa shape index (κ1) is 23.1. The summed E-state index contributed by atoms with van der Waals surface area (Å²) in [5.41, 5.74) is 6.14. The molecule has 1 N–H and O–H groups in total. The SMILES string of the molecule is Cc1nc(C)c(Cc2ccccc2Cl)c(N2CCN(C(=O)Nc3c(C)cccc3C)CC2)n1. The van der Waals surface area contributed by atoms with Crippen LogP contribution in [0.5, 0.6) is 0 Å². The summed E-state index contributed by atoms with van der Waals surface area (Å²) in [5, 5.41) is 3.85. The van der Waals surface area contributed by atoms with Gasteiger partial charge in [0.05, 0.1) is 0 Å². The van der Waals surface area contributed by atoms with Crippen molar-refractivity contribution in [2.45, 2.75) is 34.1 Å². The minimum Gasteiger partial charge on any atom is -0.353 e. The number of benzene rings is 2. The number of carbonyl (C=O) groups excluding carboxylic acids is 1. The zero-order chi connectivity index (χ0) is 23.5. The van der Waals surface area contributed by atoms with Crippen molar-refractivity contribution in [3.8, 4) is 0 Å². The van der Waals surface area contributed by atoms with Crippen LogP contribution in [0, 0.1) is 27.7 Å². The molecule has 172 valence electrons. The van der Waals surface area contributed by atoms with Gasteiger partial charge in [-0.2, -0.15) is 0 Å². The Kier molecular flexibility index (Phi) is 6.84. The number of urea groups is 1. The number of piperazine rings is 1. The van der Waals surface area contributed by atoms with Crippen LogP contribution >= 0.6 is 11.6 Å². The average molecular weight is 464 g/mol. The first-order valence-electron chi connectivity index (χ1n) is 11.3. The Morgan fingerprint density at radius 1 is 0.939 bits per heavy atom. The minimum absolute atomic E-state index is 0.0570. The second-order valence-electron chi connectivity index (χ2n) is 8.60. The quantitative estimate of drug-likeness (QED) is 0.569. The number of hydrogen-bond donors (Lipinski definition) is 1. The summed E-state index contributed by atoms with van der Waals surface area (Å²) in [4.78, 5) is 26.5. The molecule has 1 aromatic heterocycles. The molecule has 2 heterocycles. The third-order valence-corrected chi connectivity index (χ3v) is 6.58. The van der Waals surface area contributed by atoms with Crippen LogP contribution in [0.2, 0.25) is 5.02 Å². The summed E-state index contributed by atoms with van der Waals surface area (Å²) < 4.78 is 0. The highest BCUT2D eigenvalue weighted by Gasteiger charge is 2.25. The van der Waals surface area contributed by atoms with Crippen LogP contribution in [0.1, 0.15) is 33.8 Å². The van der Waals surface area contributed by atoms with E-state index in [2.05, 4.69) is 15.2 Å². The van der Waals surface area contributed by atoms with E-state index in [1.54, 1.807) is 0 Å². The molecule has 1 aliphatic heterocycles. The molecule has 2 amide bonds. The normalized spacial score (nSPS) is 13.8. The van der Waals surface area contributed by atoms with Gasteiger partial charge in [0, 0.05) is 54.6 Å². The number of anilines is 2. The Morgan fingerprint density at radius 2 is 1.61 bits per heavy atom. The molecule has 0 spiro atoms. The molecule has 1 aliphatic rings. The molecule has 0 unspecified atom stereocenters. The van der Waals surface area contributed by atoms with Crippen molar-refractivity contribution >= 4 is 29.1 Å². The van der Waals surface area contributed by atoms with Gasteiger partial charge in [0.15, 0.2) is 0 Å². The summed E-state index contributed by atoms with van der Waals surface area (Å²) in [6.07, 6.45) is 0.675. The summed E-state index contributed by atoms with van der Waals surface area (Å²) in [5.74, 6) is 1.69. The Hall–Kier alpha value is -3.12. The first-order chi connectivity index (χ1) is 15.8. The smallest absolute Gasteiger partial charge is 0.321 e. The van der Waals surface area contributed by atoms with Crippen LogP contribution in [0.25, 0.3) is 0 Å². The highest BCUT2D eigenvalue weighted by molar-refractivity contribution is 6.31. The van der Waals surface area contributed by atoms with Crippen LogP contribution in [0.3, 0.4) is 0 Å². The van der Waals surface area contributed by atoms with Crippen LogP contribution in [-0.2, 0) is 6.42 Å². The number of nitrogens with one attached hydrogen (secondary N) is 1. The first-order valence-corrected chi connectivity index (χ1v) is 11.7. The monoisotopic (exact) mass is 463 g/mol. The molecular formula is C26H30ClN5O. The van der Waals surface area contributed by atoms with E-state index in [0.29, 0.717) is 32.6 Å². The predicted molar refractivity (Wildman–Crippen MR) is 134 cm³/mol. The average Bonchev–Trinajstić information content (AvgIpc) is 2.79. The summed E-state index contributed by atoms with van der Waals surface area (Å²) >= 11 is 6.43. The number of hydrogen-bond acceptors (Lipinski definition) is 4. The molecule has 4 rings (SSSR count). The van der Waals surface area contributed by atoms with Crippen molar-refractivity contribution in [2.75, 3.05) is 36.4 Å². The second-order valence-corrected chi connectivity index (χ2v) is 9.00. The largest absolute Gasteiger partial charge is 0.353 e. The number of para-hydroxylation sites is 1. The number of amides is 2. The van der Waals surface area contributed by atoms with Crippen molar-refractivity contribution in [1.29, 1.82) is 0 Å². The molecule has 0 aliphatic carbocycles. The van der Waals surface area contributed by atoms with Crippen molar-refractivity contribution in [3.05, 3.63) is 81.3 Å². The van der Waals surface area contributed by atoms with E-state index in [0.717, 1.165) is 50.3 Å². The van der Waals surface area contributed by atoms with Crippen LogP contribution in [-0.4, -0.2) is 47.1 Å². The standard InChI is InChI=1S/C26H30ClN5O/c1-17-8-7-9-18(2)24(17)30-26(33)32-14-12-31(13-15-32)25-22(19(3)28-20(4)29-25)16-21-10-5-6-11-23(21)27/h5-11H,12-16H2,1-4H3,(H,30,33). The van der Waals surface area contributed by atoms with Gasteiger partial charge in [0.1, 0.15) is 11.6 Å². The lowest BCUT2D eigenvalue weighted by atomic mass is 10.0. The van der Waals surface area contributed by atoms with Gasteiger partial charge in [0.25, 0.3) is 0 Å². The summed E-state index contributed by atoms with van der Waals surface area (Å²) in [7, 11) is 0. The molecule has 6 nitrogen and oxygen atoms in total. The molecule has 33 heavy (non-hydrogen) atoms. The van der Waals surface area contributed by atoms with Crippen LogP contribution in [0.15, 0.2) is 42.5 Å². The molecular weight excluding hydrogens is 434 g/mol. The fourth-order valence-electron chi connectivity index (χ4n) is 4.34. The van der Waals surface area contributed by atoms with Crippen molar-refractivity contribution in [2.24, 2.45) is 0 Å². The van der Waals surface area contributed by atoms with Gasteiger partial charge < -0.3 is 15.1 Å². The molecule has 0 saturated carbocycles. The van der Waals surface area contributed by atoms with Gasteiger partial charge >= 0.3 is 6.03 Å². The van der Waals surface area contributed by atoms with E-state index in [1.165, 1.54) is 0 Å². The minimum atomic E-state index is -0.0570. The van der Waals surface area contributed by atoms with Gasteiger partial charge in [-0.15, -0.1) is 0 Å². The highest BCUT2D eigenvalue weighted by atomic mass is 35.5. The van der Waals surface area contributed by atoms with Crippen molar-refractivity contribution < 1.29 is 4.79 Å². The highest BCUT2D eigenvalue weighted by Crippen LogP contribution is 2.28. The zero-order valence-corrected chi connectivity index (χ0v) is 20.4. The number of carbonyl (C=O) groups is 1. The molecule has 1 saturated heterocycles. The van der Waals surface area contributed by atoms with E-state index in [9.17, 15) is 4.79 Å². The molecule has 1 fully saturated rings. The number of nitrogens with zero attached hydrogens (tertiary/aromatic N) is 4. The number of aryl methyl sites for hydroxylation is 4. The third kappa shape index (κ3) is 5.11. The lowest BCUT2D eigenvalue weighted by molar-refractivity contribution is 0.208. The van der Waals surface area contributed by atoms with E-state index >= 15 is 0 Å². The maximum Gasteiger partial charge on any atom is 0.321 e. The fourth-order valence-corrected chi connectivity index (χ4v) is 4.54. The van der Waals surface area contributed by atoms with Crippen molar-refractivity contribution in [1.82, 2.24) is 14.9 Å². The third-order valence-electron chi connectivity index (χ3n) is 6.21. The lowest BCUT2D eigenvalue weighted by Crippen LogP contribution is -2.50. The van der Waals surface area contributed by atoms with Crippen LogP contribution < -0.4 is 10.2 Å². The zero-order valence-electron chi connectivity index (χ0n) is 19.7. The van der Waals surface area contributed by atoms with Gasteiger partial charge in [0.2, 0.25) is 0 Å². The summed E-state index contributed by atoms with van der Waals surface area (Å²) in [6.45, 7) is 10.7. The lowest BCUT2D eigenvalue weighted by Gasteiger charge is -2.36. The second kappa shape index (κ2) is 9.79. The maximum atomic E-state index is 12.9. The van der Waals surface area contributed by atoms with E-state index in [4.69, 9.17) is 16.6 Å². The molecule has 0 bridgehead atoms. The Balaban J connectivity index is 1.49. The fraction of sp³-hybridized carbons (Fsp3) is 0.346. The number of aromatic nitrogens is 2. The van der Waals surface area contributed by atoms with E-state index in [-0.39, 0.29) is 6.03 Å². The van der Waals surface area contributed by atoms with E-state index in [1.807, 2.05) is 75.1 Å². The summed E-state index contributed by atoms with van der Waals surface area (Å²) in [6, 6.07) is 13.9. The predicted octanol–water partition coefficient (Wildman–Crippen LogP) is 5.31. The van der Waals surface area contributed by atoms with Gasteiger partial charge in [-0.3, -0.25) is 0 Å². The maximum absolute atomic E-state index is 12.9. The van der Waals surface area contributed by atoms with Crippen LogP contribution in [0.4, 0.5) is 16.3 Å². The molecule has 2 aromatic carbocycles. The van der Waals surface area contributed by atoms with Gasteiger partial charge in [-0.1, -0.05) is 48.0 Å². The molecule has 0 atom stereocenters. The number of rotatable bonds is 4. The van der Waals surface area contributed by atoms with Gasteiger partial charge in [-0.05, 0) is 50.5 Å². The molecule has 0 radical (unpaired) electrons. The molecule has 3 aromatic rings. The Bertz CT molecular complexity index is 1150. The number of halogens is 1. The van der Waals surface area contributed by atoms with Gasteiger partial charge in [-0.25, -0.2) is 14.8 Å².